The first-order chi connectivity index (χ1) is 26.7. The summed E-state index contributed by atoms with van der Waals surface area (Å²) in [7, 11) is 0. The van der Waals surface area contributed by atoms with E-state index in [9.17, 15) is 19.2 Å². The highest BCUT2D eigenvalue weighted by Crippen LogP contribution is 2.33. The molecule has 4 aromatic rings. The number of anilines is 3. The molecule has 0 spiro atoms. The second-order valence-corrected chi connectivity index (χ2v) is 15.7. The van der Waals surface area contributed by atoms with Crippen molar-refractivity contribution in [1.29, 1.82) is 0 Å². The first kappa shape index (κ1) is 36.9. The summed E-state index contributed by atoms with van der Waals surface area (Å²) in [5.41, 5.74) is 4.59. The van der Waals surface area contributed by atoms with Gasteiger partial charge in [-0.1, -0.05) is 37.1 Å². The minimum absolute atomic E-state index is 0.0264. The van der Waals surface area contributed by atoms with Crippen LogP contribution in [0, 0.1) is 6.92 Å². The number of Topliss-reactive ketones (excluding diaryl/α,β-unsaturated/α-hetero) is 1. The van der Waals surface area contributed by atoms with Crippen LogP contribution in [0.4, 0.5) is 17.5 Å². The summed E-state index contributed by atoms with van der Waals surface area (Å²) in [6, 6.07) is 12.6. The molecule has 3 aromatic heterocycles. The third kappa shape index (κ3) is 7.90. The van der Waals surface area contributed by atoms with Gasteiger partial charge < -0.3 is 15.1 Å². The molecular formula is C42H51N9O4. The molecule has 8 rings (SSSR count). The fraction of sp³-hybridized carbons (Fsp3) is 0.500. The van der Waals surface area contributed by atoms with Crippen molar-refractivity contribution < 1.29 is 14.4 Å². The monoisotopic (exact) mass is 745 g/mol. The van der Waals surface area contributed by atoms with Gasteiger partial charge in [-0.05, 0) is 93.8 Å². The number of hydrogen-bond donors (Lipinski definition) is 2. The lowest BCUT2D eigenvalue weighted by Gasteiger charge is -2.38. The number of piperidine rings is 2. The van der Waals surface area contributed by atoms with Gasteiger partial charge in [0.25, 0.3) is 5.56 Å². The molecular weight excluding hydrogens is 695 g/mol. The maximum absolute atomic E-state index is 13.6. The molecule has 6 heterocycles. The average molecular weight is 746 g/mol. The Bertz CT molecular complexity index is 2110. The molecule has 3 aliphatic heterocycles. The topological polar surface area (TPSA) is 146 Å². The third-order valence-electron chi connectivity index (χ3n) is 12.3. The number of benzene rings is 1. The number of hydrogen-bond acceptors (Lipinski definition) is 11. The van der Waals surface area contributed by atoms with Crippen LogP contribution in [0.5, 0.6) is 0 Å². The molecule has 1 atom stereocenters. The van der Waals surface area contributed by atoms with Crippen LogP contribution in [0.3, 0.4) is 0 Å². The zero-order valence-corrected chi connectivity index (χ0v) is 31.9. The molecule has 13 nitrogen and oxygen atoms in total. The summed E-state index contributed by atoms with van der Waals surface area (Å²) in [5, 5.41) is 6.43. The van der Waals surface area contributed by atoms with Gasteiger partial charge in [-0.25, -0.2) is 9.97 Å². The molecule has 13 heteroatoms. The summed E-state index contributed by atoms with van der Waals surface area (Å²) < 4.78 is 1.73. The van der Waals surface area contributed by atoms with Gasteiger partial charge in [-0.3, -0.25) is 34.0 Å². The lowest BCUT2D eigenvalue weighted by Crippen LogP contribution is -2.49. The van der Waals surface area contributed by atoms with Crippen molar-refractivity contribution in [1.82, 2.24) is 34.6 Å². The number of imide groups is 1. The van der Waals surface area contributed by atoms with E-state index in [4.69, 9.17) is 4.98 Å². The van der Waals surface area contributed by atoms with Crippen molar-refractivity contribution in [2.24, 2.45) is 0 Å². The number of aryl methyl sites for hydroxylation is 1. The second kappa shape index (κ2) is 16.0. The number of nitrogens with zero attached hydrogens (tertiary/aromatic N) is 7. The van der Waals surface area contributed by atoms with Gasteiger partial charge in [0.05, 0.1) is 23.4 Å². The fourth-order valence-corrected chi connectivity index (χ4v) is 9.08. The predicted octanol–water partition coefficient (Wildman–Crippen LogP) is 5.08. The molecule has 1 aliphatic carbocycles. The van der Waals surface area contributed by atoms with Crippen LogP contribution < -0.4 is 21.1 Å². The first-order valence-corrected chi connectivity index (χ1v) is 20.0. The van der Waals surface area contributed by atoms with Crippen molar-refractivity contribution >= 4 is 46.1 Å². The van der Waals surface area contributed by atoms with Crippen LogP contribution in [0.15, 0.2) is 53.6 Å². The van der Waals surface area contributed by atoms with Crippen molar-refractivity contribution in [3.05, 3.63) is 81.4 Å². The Morgan fingerprint density at radius 1 is 0.818 bits per heavy atom. The Hall–Kier alpha value is -5.01. The number of piperazine rings is 1. The molecule has 1 saturated carbocycles. The lowest BCUT2D eigenvalue weighted by atomic mass is 9.86. The number of ketones is 1. The number of amides is 2. The van der Waals surface area contributed by atoms with Crippen LogP contribution in [-0.2, 0) is 9.59 Å². The third-order valence-corrected chi connectivity index (χ3v) is 12.3. The Morgan fingerprint density at radius 2 is 1.51 bits per heavy atom. The summed E-state index contributed by atoms with van der Waals surface area (Å²) in [5.74, 6) is 0.725. The second-order valence-electron chi connectivity index (χ2n) is 15.7. The Labute approximate surface area is 321 Å². The van der Waals surface area contributed by atoms with E-state index >= 15 is 0 Å². The van der Waals surface area contributed by atoms with E-state index in [-0.39, 0.29) is 40.7 Å². The van der Waals surface area contributed by atoms with Gasteiger partial charge in [0.2, 0.25) is 17.8 Å². The van der Waals surface area contributed by atoms with Crippen LogP contribution in [0.25, 0.3) is 11.0 Å². The number of carbonyl (C=O) groups excluding carboxylic acids is 3. The van der Waals surface area contributed by atoms with Crippen molar-refractivity contribution in [2.75, 3.05) is 62.6 Å². The maximum atomic E-state index is 13.6. The van der Waals surface area contributed by atoms with Gasteiger partial charge >= 0.3 is 0 Å². The Balaban J connectivity index is 0.808. The summed E-state index contributed by atoms with van der Waals surface area (Å²) in [4.78, 5) is 71.4. The van der Waals surface area contributed by atoms with E-state index < -0.39 is 0 Å². The molecule has 55 heavy (non-hydrogen) atoms. The molecule has 2 amide bonds. The standard InChI is InChI=1S/C42H51N9O4/c1-27-35-26-44-42(47-39(35)51(32-5-3-4-6-32)41(55)38(27)28(2)52)45-36-13-11-33(25-43-36)50-23-21-49(22-24-50)20-19-48-17-15-30(16-18-48)29-7-9-31(10-8-29)34-12-14-37(53)46-40(34)54/h7-11,13,25-26,30,32,34H,3-6,12,14-24H2,1-2H3,(H,46,53,54)(H,43,44,45,47). The summed E-state index contributed by atoms with van der Waals surface area (Å²) in [6.07, 6.45) is 10.8. The van der Waals surface area contributed by atoms with Crippen molar-refractivity contribution in [2.45, 2.75) is 83.1 Å². The molecule has 2 N–H and O–H groups in total. The van der Waals surface area contributed by atoms with E-state index in [2.05, 4.69) is 65.6 Å². The lowest BCUT2D eigenvalue weighted by molar-refractivity contribution is -0.134. The van der Waals surface area contributed by atoms with Gasteiger partial charge in [0.15, 0.2) is 5.78 Å². The number of nitrogens with one attached hydrogen (secondary N) is 2. The number of carbonyl (C=O) groups is 3. The predicted molar refractivity (Wildman–Crippen MR) is 212 cm³/mol. The highest BCUT2D eigenvalue weighted by molar-refractivity contribution is 6.01. The van der Waals surface area contributed by atoms with Crippen LogP contribution in [0.1, 0.15) is 103 Å². The Kier molecular flexibility index (Phi) is 10.7. The van der Waals surface area contributed by atoms with Gasteiger partial charge in [-0.2, -0.15) is 4.98 Å². The van der Waals surface area contributed by atoms with E-state index in [0.29, 0.717) is 41.7 Å². The quantitative estimate of drug-likeness (QED) is 0.166. The summed E-state index contributed by atoms with van der Waals surface area (Å²) >= 11 is 0. The zero-order chi connectivity index (χ0) is 38.1. The first-order valence-electron chi connectivity index (χ1n) is 20.0. The molecule has 1 aromatic carbocycles. The fourth-order valence-electron chi connectivity index (χ4n) is 9.08. The Morgan fingerprint density at radius 3 is 2.16 bits per heavy atom. The molecule has 0 radical (unpaired) electrons. The molecule has 0 bridgehead atoms. The molecule has 4 aliphatic rings. The largest absolute Gasteiger partial charge is 0.368 e. The highest BCUT2D eigenvalue weighted by Gasteiger charge is 2.29. The van der Waals surface area contributed by atoms with Crippen molar-refractivity contribution in [3.63, 3.8) is 0 Å². The minimum Gasteiger partial charge on any atom is -0.368 e. The van der Waals surface area contributed by atoms with Crippen molar-refractivity contribution in [3.8, 4) is 0 Å². The SMILES string of the molecule is CC(=O)c1c(C)c2cnc(Nc3ccc(N4CCN(CCN5CCC(c6ccc(C7CCC(=O)NC7=O)cc6)CC5)CC4)cn3)nc2n(C2CCCC2)c1=O. The number of aromatic nitrogens is 4. The highest BCUT2D eigenvalue weighted by atomic mass is 16.2. The zero-order valence-electron chi connectivity index (χ0n) is 31.9. The van der Waals surface area contributed by atoms with E-state index in [0.717, 1.165) is 108 Å². The maximum Gasteiger partial charge on any atom is 0.263 e. The molecule has 4 fully saturated rings. The number of fused-ring (bicyclic) bond motifs is 1. The van der Waals surface area contributed by atoms with Crippen LogP contribution in [0.2, 0.25) is 0 Å². The van der Waals surface area contributed by atoms with Gasteiger partial charge in [0, 0.05) is 63.3 Å². The van der Waals surface area contributed by atoms with E-state index in [1.54, 1.807) is 17.7 Å². The molecule has 3 saturated heterocycles. The molecule has 288 valence electrons. The number of likely N-dealkylation sites (tertiary alicyclic amines) is 1. The normalized spacial score (nSPS) is 20.6. The van der Waals surface area contributed by atoms with Crippen LogP contribution >= 0.6 is 0 Å². The number of rotatable bonds is 10. The average Bonchev–Trinajstić information content (AvgIpc) is 3.73. The number of pyridine rings is 2. The van der Waals surface area contributed by atoms with Gasteiger partial charge in [-0.15, -0.1) is 0 Å². The van der Waals surface area contributed by atoms with E-state index in [1.165, 1.54) is 12.5 Å². The smallest absolute Gasteiger partial charge is 0.263 e. The minimum atomic E-state index is -0.258. The molecule has 1 unspecified atom stereocenters. The van der Waals surface area contributed by atoms with Gasteiger partial charge in [0.1, 0.15) is 11.5 Å². The van der Waals surface area contributed by atoms with E-state index in [1.807, 2.05) is 12.3 Å². The summed E-state index contributed by atoms with van der Waals surface area (Å²) in [6.45, 7) is 11.5. The van der Waals surface area contributed by atoms with Crippen LogP contribution in [-0.4, -0.2) is 99.3 Å².